The van der Waals surface area contributed by atoms with Crippen molar-refractivity contribution >= 4 is 17.4 Å². The third kappa shape index (κ3) is 3.90. The van der Waals surface area contributed by atoms with Crippen molar-refractivity contribution in [1.82, 2.24) is 10.3 Å². The molecular weight excluding hydrogens is 272 g/mol. The van der Waals surface area contributed by atoms with Gasteiger partial charge in [-0.2, -0.15) is 0 Å². The molecule has 0 bridgehead atoms. The number of carbonyl (C=O) groups is 1. The molecule has 0 aromatic carbocycles. The quantitative estimate of drug-likeness (QED) is 0.619. The fraction of sp³-hybridized carbons (Fsp3) is 0.571. The normalized spacial score (nSPS) is 14.9. The fourth-order valence-corrected chi connectivity index (χ4v) is 2.70. The molecule has 1 heterocycles. The minimum Gasteiger partial charge on any atom is -0.373 e. The van der Waals surface area contributed by atoms with Gasteiger partial charge in [0.1, 0.15) is 17.6 Å². The third-order valence-corrected chi connectivity index (χ3v) is 3.89. The van der Waals surface area contributed by atoms with Gasteiger partial charge in [0, 0.05) is 19.7 Å². The molecule has 114 valence electrons. The Morgan fingerprint density at radius 1 is 1.48 bits per heavy atom. The van der Waals surface area contributed by atoms with E-state index < -0.39 is 10.8 Å². The van der Waals surface area contributed by atoms with Crippen molar-refractivity contribution in [2.24, 2.45) is 5.92 Å². The van der Waals surface area contributed by atoms with Gasteiger partial charge in [0.05, 0.1) is 4.92 Å². The van der Waals surface area contributed by atoms with Crippen LogP contribution in [0.15, 0.2) is 12.3 Å². The van der Waals surface area contributed by atoms with Gasteiger partial charge in [-0.3, -0.25) is 14.9 Å². The Labute approximate surface area is 123 Å². The molecule has 0 unspecified atom stereocenters. The van der Waals surface area contributed by atoms with Crippen molar-refractivity contribution in [1.29, 1.82) is 0 Å². The molecule has 1 saturated carbocycles. The van der Waals surface area contributed by atoms with Crippen LogP contribution in [-0.4, -0.2) is 29.4 Å². The Bertz CT molecular complexity index is 527. The van der Waals surface area contributed by atoms with E-state index in [0.29, 0.717) is 18.3 Å². The molecule has 1 aromatic rings. The number of rotatable bonds is 6. The van der Waals surface area contributed by atoms with Crippen molar-refractivity contribution < 1.29 is 9.72 Å². The predicted molar refractivity (Wildman–Crippen MR) is 79.3 cm³/mol. The molecule has 1 aliphatic carbocycles. The van der Waals surface area contributed by atoms with Gasteiger partial charge < -0.3 is 10.6 Å². The van der Waals surface area contributed by atoms with Crippen LogP contribution in [0.1, 0.15) is 42.5 Å². The Kier molecular flexibility index (Phi) is 5.08. The summed E-state index contributed by atoms with van der Waals surface area (Å²) in [5.74, 6) is 0.686. The Hall–Kier alpha value is -2.18. The van der Waals surface area contributed by atoms with Crippen LogP contribution < -0.4 is 10.6 Å². The molecule has 0 aliphatic heterocycles. The van der Waals surface area contributed by atoms with Gasteiger partial charge in [-0.1, -0.05) is 25.7 Å². The van der Waals surface area contributed by atoms with Crippen molar-refractivity contribution in [2.75, 3.05) is 18.9 Å². The fourth-order valence-electron chi connectivity index (χ4n) is 2.70. The highest BCUT2D eigenvalue weighted by Crippen LogP contribution is 2.27. The van der Waals surface area contributed by atoms with Crippen molar-refractivity contribution in [3.05, 3.63) is 27.9 Å². The van der Waals surface area contributed by atoms with Gasteiger partial charge in [0.25, 0.3) is 11.6 Å². The molecule has 1 amide bonds. The Morgan fingerprint density at radius 2 is 2.19 bits per heavy atom. The number of aromatic nitrogens is 1. The summed E-state index contributed by atoms with van der Waals surface area (Å²) < 4.78 is 0. The lowest BCUT2D eigenvalue weighted by molar-refractivity contribution is -0.385. The number of pyridine rings is 1. The van der Waals surface area contributed by atoms with Crippen molar-refractivity contribution in [2.45, 2.75) is 32.1 Å². The van der Waals surface area contributed by atoms with E-state index in [1.807, 2.05) is 0 Å². The lowest BCUT2D eigenvalue weighted by Crippen LogP contribution is -2.26. The highest BCUT2D eigenvalue weighted by atomic mass is 16.6. The summed E-state index contributed by atoms with van der Waals surface area (Å²) >= 11 is 0. The van der Waals surface area contributed by atoms with Gasteiger partial charge in [-0.25, -0.2) is 4.98 Å². The monoisotopic (exact) mass is 292 g/mol. The summed E-state index contributed by atoms with van der Waals surface area (Å²) in [6.07, 6.45) is 7.01. The molecule has 7 heteroatoms. The second-order valence-corrected chi connectivity index (χ2v) is 5.29. The smallest absolute Gasteiger partial charge is 0.300 e. The topological polar surface area (TPSA) is 97.2 Å². The van der Waals surface area contributed by atoms with E-state index in [1.165, 1.54) is 31.7 Å². The molecule has 2 N–H and O–H groups in total. The van der Waals surface area contributed by atoms with Gasteiger partial charge in [-0.05, 0) is 12.3 Å². The number of hydrogen-bond donors (Lipinski definition) is 2. The zero-order chi connectivity index (χ0) is 15.2. The Balaban J connectivity index is 2.00. The number of hydrogen-bond acceptors (Lipinski definition) is 5. The molecule has 0 atom stereocenters. The van der Waals surface area contributed by atoms with Crippen LogP contribution in [0.3, 0.4) is 0 Å². The van der Waals surface area contributed by atoms with E-state index >= 15 is 0 Å². The van der Waals surface area contributed by atoms with Gasteiger partial charge >= 0.3 is 0 Å². The molecule has 21 heavy (non-hydrogen) atoms. The first-order valence-corrected chi connectivity index (χ1v) is 7.22. The van der Waals surface area contributed by atoms with Gasteiger partial charge in [0.2, 0.25) is 0 Å². The molecule has 1 aliphatic rings. The molecule has 2 rings (SSSR count). The predicted octanol–water partition coefficient (Wildman–Crippen LogP) is 2.34. The highest BCUT2D eigenvalue weighted by Gasteiger charge is 2.22. The second kappa shape index (κ2) is 7.01. The van der Waals surface area contributed by atoms with Crippen molar-refractivity contribution in [3.63, 3.8) is 0 Å². The van der Waals surface area contributed by atoms with E-state index in [1.54, 1.807) is 7.05 Å². The minimum atomic E-state index is -0.585. The first-order valence-electron chi connectivity index (χ1n) is 7.22. The lowest BCUT2D eigenvalue weighted by atomic mass is 10.0. The molecule has 0 radical (unpaired) electrons. The summed E-state index contributed by atoms with van der Waals surface area (Å²) in [6.45, 7) is 0.553. The molecule has 0 saturated heterocycles. The number of carbonyl (C=O) groups excluding carboxylic acids is 1. The van der Waals surface area contributed by atoms with E-state index in [4.69, 9.17) is 0 Å². The zero-order valence-electron chi connectivity index (χ0n) is 12.1. The summed E-state index contributed by atoms with van der Waals surface area (Å²) in [5, 5.41) is 16.5. The van der Waals surface area contributed by atoms with Gasteiger partial charge in [0.15, 0.2) is 0 Å². The zero-order valence-corrected chi connectivity index (χ0v) is 12.1. The largest absolute Gasteiger partial charge is 0.373 e. The maximum absolute atomic E-state index is 12.1. The maximum atomic E-state index is 12.1. The van der Waals surface area contributed by atoms with E-state index in [0.717, 1.165) is 12.6 Å². The highest BCUT2D eigenvalue weighted by molar-refractivity contribution is 5.98. The first-order chi connectivity index (χ1) is 10.1. The van der Waals surface area contributed by atoms with E-state index in [9.17, 15) is 14.9 Å². The standard InChI is InChI=1S/C14H20N4O3/c1-15-13-8-11(12(9-17-13)18(20)21)14(19)16-7-6-10-4-2-3-5-10/h8-10H,2-7H2,1H3,(H,15,17)(H,16,19). The maximum Gasteiger partial charge on any atom is 0.300 e. The number of nitrogens with one attached hydrogen (secondary N) is 2. The van der Waals surface area contributed by atoms with E-state index in [2.05, 4.69) is 15.6 Å². The van der Waals surface area contributed by atoms with Crippen LogP contribution in [0.5, 0.6) is 0 Å². The molecule has 1 aromatic heterocycles. The molecule has 7 nitrogen and oxygen atoms in total. The van der Waals surface area contributed by atoms with Crippen LogP contribution in [0.2, 0.25) is 0 Å². The summed E-state index contributed by atoms with van der Waals surface area (Å²) in [4.78, 5) is 26.4. The van der Waals surface area contributed by atoms with Crippen LogP contribution in [-0.2, 0) is 0 Å². The van der Waals surface area contributed by atoms with Crippen LogP contribution in [0.4, 0.5) is 11.5 Å². The molecule has 0 spiro atoms. The molecular formula is C14H20N4O3. The minimum absolute atomic E-state index is 0.0470. The summed E-state index contributed by atoms with van der Waals surface area (Å²) in [5.41, 5.74) is -0.224. The summed E-state index contributed by atoms with van der Waals surface area (Å²) in [7, 11) is 1.65. The van der Waals surface area contributed by atoms with Crippen molar-refractivity contribution in [3.8, 4) is 0 Å². The number of nitro groups is 1. The second-order valence-electron chi connectivity index (χ2n) is 5.29. The van der Waals surface area contributed by atoms with E-state index in [-0.39, 0.29) is 11.3 Å². The number of anilines is 1. The summed E-state index contributed by atoms with van der Waals surface area (Å²) in [6, 6.07) is 1.41. The lowest BCUT2D eigenvalue weighted by Gasteiger charge is -2.10. The third-order valence-electron chi connectivity index (χ3n) is 3.89. The first kappa shape index (κ1) is 15.2. The number of nitrogens with zero attached hydrogens (tertiary/aromatic N) is 2. The van der Waals surface area contributed by atoms with Crippen LogP contribution >= 0.6 is 0 Å². The Morgan fingerprint density at radius 3 is 2.81 bits per heavy atom. The van der Waals surface area contributed by atoms with Crippen LogP contribution in [0, 0.1) is 16.0 Å². The number of amides is 1. The van der Waals surface area contributed by atoms with Gasteiger partial charge in [-0.15, -0.1) is 0 Å². The average Bonchev–Trinajstić information content (AvgIpc) is 2.99. The average molecular weight is 292 g/mol. The van der Waals surface area contributed by atoms with Crippen LogP contribution in [0.25, 0.3) is 0 Å². The molecule has 1 fully saturated rings. The SMILES string of the molecule is CNc1cc(C(=O)NCCC2CCCC2)c([N+](=O)[O-])cn1.